The first-order chi connectivity index (χ1) is 13.3. The molecule has 0 radical (unpaired) electrons. The molecule has 0 atom stereocenters. The quantitative estimate of drug-likeness (QED) is 0.630. The Kier molecular flexibility index (Phi) is 4.65. The van der Waals surface area contributed by atoms with Crippen molar-refractivity contribution < 1.29 is 13.2 Å². The largest absolute Gasteiger partial charge is 0.313 e. The Balaban J connectivity index is 1.89. The minimum absolute atomic E-state index is 0.0448. The Labute approximate surface area is 168 Å². The van der Waals surface area contributed by atoms with Crippen LogP contribution in [0.2, 0.25) is 5.02 Å². The standard InChI is InChI=1S/C21H19ClN2O3S/c1-13-19(21(25)15-2-3-15)12-20(14-4-6-16(22)7-5-14)24(13)17-8-10-18(11-9-17)28(23,26)27/h4-12,15H,2-3H2,1H3,(H2,23,26,27). The van der Waals surface area contributed by atoms with Gasteiger partial charge in [-0.25, -0.2) is 13.6 Å². The lowest BCUT2D eigenvalue weighted by Gasteiger charge is -2.13. The van der Waals surface area contributed by atoms with Crippen molar-refractivity contribution in [3.8, 4) is 16.9 Å². The first kappa shape index (κ1) is 18.9. The van der Waals surface area contributed by atoms with E-state index in [0.717, 1.165) is 35.5 Å². The van der Waals surface area contributed by atoms with Crippen LogP contribution < -0.4 is 5.14 Å². The molecule has 5 nitrogen and oxygen atoms in total. The van der Waals surface area contributed by atoms with E-state index in [1.807, 2.05) is 29.7 Å². The minimum atomic E-state index is -3.77. The molecular weight excluding hydrogens is 396 g/mol. The highest BCUT2D eigenvalue weighted by atomic mass is 35.5. The first-order valence-corrected chi connectivity index (χ1v) is 10.8. The number of carbonyl (C=O) groups is 1. The number of hydrogen-bond acceptors (Lipinski definition) is 3. The van der Waals surface area contributed by atoms with Crippen molar-refractivity contribution in [2.75, 3.05) is 0 Å². The number of carbonyl (C=O) groups excluding carboxylic acids is 1. The van der Waals surface area contributed by atoms with Gasteiger partial charge in [0.1, 0.15) is 0 Å². The fraction of sp³-hybridized carbons (Fsp3) is 0.190. The summed E-state index contributed by atoms with van der Waals surface area (Å²) in [5, 5.41) is 5.83. The second kappa shape index (κ2) is 6.88. The molecule has 0 bridgehead atoms. The Bertz CT molecular complexity index is 1160. The van der Waals surface area contributed by atoms with Gasteiger partial charge in [-0.05, 0) is 67.8 Å². The number of rotatable bonds is 5. The summed E-state index contributed by atoms with van der Waals surface area (Å²) >= 11 is 6.02. The van der Waals surface area contributed by atoms with Crippen LogP contribution in [0, 0.1) is 12.8 Å². The van der Waals surface area contributed by atoms with Crippen molar-refractivity contribution in [3.05, 3.63) is 70.9 Å². The third-order valence-corrected chi connectivity index (χ3v) is 6.21. The third-order valence-electron chi connectivity index (χ3n) is 5.02. The van der Waals surface area contributed by atoms with E-state index < -0.39 is 10.0 Å². The molecule has 1 saturated carbocycles. The number of aromatic nitrogens is 1. The summed E-state index contributed by atoms with van der Waals surface area (Å²) in [5.41, 5.74) is 4.04. The summed E-state index contributed by atoms with van der Waals surface area (Å²) in [6.45, 7) is 1.91. The first-order valence-electron chi connectivity index (χ1n) is 8.91. The zero-order valence-electron chi connectivity index (χ0n) is 15.2. The molecule has 7 heteroatoms. The summed E-state index contributed by atoms with van der Waals surface area (Å²) in [6.07, 6.45) is 1.87. The van der Waals surface area contributed by atoms with Gasteiger partial charge in [0.15, 0.2) is 5.78 Å². The second-order valence-electron chi connectivity index (χ2n) is 7.05. The minimum Gasteiger partial charge on any atom is -0.313 e. The van der Waals surface area contributed by atoms with Crippen LogP contribution in [0.3, 0.4) is 0 Å². The summed E-state index contributed by atoms with van der Waals surface area (Å²) in [6, 6.07) is 15.6. The highest BCUT2D eigenvalue weighted by Gasteiger charge is 2.33. The maximum Gasteiger partial charge on any atom is 0.238 e. The predicted molar refractivity (Wildman–Crippen MR) is 109 cm³/mol. The Morgan fingerprint density at radius 1 is 1.07 bits per heavy atom. The van der Waals surface area contributed by atoms with Crippen molar-refractivity contribution >= 4 is 27.4 Å². The van der Waals surface area contributed by atoms with Crippen LogP contribution in [0.15, 0.2) is 59.5 Å². The number of primary sulfonamides is 1. The predicted octanol–water partition coefficient (Wildman–Crippen LogP) is 4.35. The average molecular weight is 415 g/mol. The van der Waals surface area contributed by atoms with Gasteiger partial charge in [-0.1, -0.05) is 23.7 Å². The summed E-state index contributed by atoms with van der Waals surface area (Å²) < 4.78 is 25.1. The number of halogens is 1. The van der Waals surface area contributed by atoms with Gasteiger partial charge in [0, 0.05) is 27.9 Å². The van der Waals surface area contributed by atoms with Gasteiger partial charge >= 0.3 is 0 Å². The van der Waals surface area contributed by atoms with Crippen molar-refractivity contribution in [1.82, 2.24) is 4.57 Å². The fourth-order valence-corrected chi connectivity index (χ4v) is 4.01. The molecule has 1 fully saturated rings. The van der Waals surface area contributed by atoms with E-state index in [4.69, 9.17) is 16.7 Å². The lowest BCUT2D eigenvalue weighted by atomic mass is 10.1. The number of sulfonamides is 1. The Hall–Kier alpha value is -2.41. The second-order valence-corrected chi connectivity index (χ2v) is 9.05. The Morgan fingerprint density at radius 2 is 1.68 bits per heavy atom. The van der Waals surface area contributed by atoms with Crippen LogP contribution in [-0.2, 0) is 10.0 Å². The number of hydrogen-bond donors (Lipinski definition) is 1. The van der Waals surface area contributed by atoms with Crippen molar-refractivity contribution in [1.29, 1.82) is 0 Å². The number of nitrogens with two attached hydrogens (primary N) is 1. The van der Waals surface area contributed by atoms with Gasteiger partial charge in [-0.15, -0.1) is 0 Å². The Morgan fingerprint density at radius 3 is 2.21 bits per heavy atom. The molecule has 28 heavy (non-hydrogen) atoms. The zero-order chi connectivity index (χ0) is 20.1. The molecule has 1 aliphatic carbocycles. The van der Waals surface area contributed by atoms with Crippen LogP contribution in [0.5, 0.6) is 0 Å². The molecule has 0 aliphatic heterocycles. The summed E-state index contributed by atoms with van der Waals surface area (Å²) in [4.78, 5) is 12.8. The van der Waals surface area contributed by atoms with Gasteiger partial charge in [0.2, 0.25) is 10.0 Å². The smallest absolute Gasteiger partial charge is 0.238 e. The van der Waals surface area contributed by atoms with Gasteiger partial charge < -0.3 is 4.57 Å². The number of Topliss-reactive ketones (excluding diaryl/α,β-unsaturated/α-hetero) is 1. The molecule has 2 aromatic carbocycles. The molecule has 0 spiro atoms. The summed E-state index contributed by atoms with van der Waals surface area (Å²) in [7, 11) is -3.77. The van der Waals surface area contributed by atoms with Gasteiger partial charge in [0.05, 0.1) is 10.6 Å². The van der Waals surface area contributed by atoms with Crippen molar-refractivity contribution in [2.45, 2.75) is 24.7 Å². The highest BCUT2D eigenvalue weighted by molar-refractivity contribution is 7.89. The molecule has 0 amide bonds. The lowest BCUT2D eigenvalue weighted by molar-refractivity contribution is 0.0967. The molecule has 144 valence electrons. The molecule has 2 N–H and O–H groups in total. The monoisotopic (exact) mass is 414 g/mol. The molecule has 4 rings (SSSR count). The van der Waals surface area contributed by atoms with Crippen molar-refractivity contribution in [2.24, 2.45) is 11.1 Å². The zero-order valence-corrected chi connectivity index (χ0v) is 16.8. The average Bonchev–Trinajstić information content (AvgIpc) is 3.45. The van der Waals surface area contributed by atoms with Crippen LogP contribution in [-0.4, -0.2) is 18.8 Å². The number of nitrogens with zero attached hydrogens (tertiary/aromatic N) is 1. The maximum absolute atomic E-state index is 12.8. The number of benzene rings is 2. The molecular formula is C21H19ClN2O3S. The third kappa shape index (κ3) is 3.51. The van der Waals surface area contributed by atoms with Gasteiger partial charge in [-0.3, -0.25) is 4.79 Å². The normalized spacial score (nSPS) is 14.2. The van der Waals surface area contributed by atoms with E-state index in [1.54, 1.807) is 24.3 Å². The van der Waals surface area contributed by atoms with E-state index >= 15 is 0 Å². The molecule has 0 unspecified atom stereocenters. The van der Waals surface area contributed by atoms with E-state index in [2.05, 4.69) is 0 Å². The molecule has 1 heterocycles. The van der Waals surface area contributed by atoms with E-state index in [0.29, 0.717) is 10.6 Å². The van der Waals surface area contributed by atoms with Crippen LogP contribution in [0.1, 0.15) is 28.9 Å². The van der Waals surface area contributed by atoms with Crippen LogP contribution >= 0.6 is 11.6 Å². The topological polar surface area (TPSA) is 82.2 Å². The lowest BCUT2D eigenvalue weighted by Crippen LogP contribution is -2.12. The molecule has 3 aromatic rings. The van der Waals surface area contributed by atoms with E-state index in [1.165, 1.54) is 12.1 Å². The maximum atomic E-state index is 12.8. The van der Waals surface area contributed by atoms with Crippen LogP contribution in [0.4, 0.5) is 0 Å². The van der Waals surface area contributed by atoms with Gasteiger partial charge in [0.25, 0.3) is 0 Å². The summed E-state index contributed by atoms with van der Waals surface area (Å²) in [5.74, 6) is 0.269. The SMILES string of the molecule is Cc1c(C(=O)C2CC2)cc(-c2ccc(Cl)cc2)n1-c1ccc(S(N)(=O)=O)cc1. The molecule has 0 saturated heterocycles. The highest BCUT2D eigenvalue weighted by Crippen LogP contribution is 2.37. The van der Waals surface area contributed by atoms with Crippen molar-refractivity contribution in [3.63, 3.8) is 0 Å². The number of ketones is 1. The van der Waals surface area contributed by atoms with Crippen LogP contribution in [0.25, 0.3) is 16.9 Å². The molecule has 1 aliphatic rings. The molecule has 1 aromatic heterocycles. The van der Waals surface area contributed by atoms with Gasteiger partial charge in [-0.2, -0.15) is 0 Å². The van der Waals surface area contributed by atoms with E-state index in [9.17, 15) is 13.2 Å². The van der Waals surface area contributed by atoms with E-state index in [-0.39, 0.29) is 16.6 Å². The fourth-order valence-electron chi connectivity index (χ4n) is 3.37.